The third kappa shape index (κ3) is 3.74. The summed E-state index contributed by atoms with van der Waals surface area (Å²) in [4.78, 5) is 27.3. The fourth-order valence-corrected chi connectivity index (χ4v) is 3.83. The molecule has 2 aliphatic rings. The highest BCUT2D eigenvalue weighted by atomic mass is 19.1. The first-order chi connectivity index (χ1) is 12.3. The Labute approximate surface area is 152 Å². The second-order valence-electron chi connectivity index (χ2n) is 7.86. The number of amides is 2. The molecule has 0 aromatic heterocycles. The van der Waals surface area contributed by atoms with Crippen LogP contribution in [0.1, 0.15) is 51.5 Å². The summed E-state index contributed by atoms with van der Waals surface area (Å²) >= 11 is 0. The van der Waals surface area contributed by atoms with Gasteiger partial charge in [0.15, 0.2) is 0 Å². The van der Waals surface area contributed by atoms with Crippen LogP contribution in [0.3, 0.4) is 0 Å². The maximum atomic E-state index is 14.0. The van der Waals surface area contributed by atoms with Crippen molar-refractivity contribution in [3.05, 3.63) is 35.4 Å². The van der Waals surface area contributed by atoms with Gasteiger partial charge in [-0.1, -0.05) is 26.8 Å². The first-order valence-electron chi connectivity index (χ1n) is 9.37. The molecule has 0 bridgehead atoms. The maximum absolute atomic E-state index is 14.0. The molecule has 2 amide bonds. The summed E-state index contributed by atoms with van der Waals surface area (Å²) in [6, 6.07) is 2.99. The lowest BCUT2D eigenvalue weighted by molar-refractivity contribution is -0.146. The first kappa shape index (κ1) is 18.8. The average Bonchev–Trinajstić information content (AvgIpc) is 3.35. The molecule has 3 rings (SSSR count). The van der Waals surface area contributed by atoms with E-state index in [4.69, 9.17) is 0 Å². The molecular formula is C20H26F2N2O2. The van der Waals surface area contributed by atoms with Crippen LogP contribution in [-0.2, 0) is 9.59 Å². The Morgan fingerprint density at radius 2 is 2.08 bits per heavy atom. The van der Waals surface area contributed by atoms with Gasteiger partial charge in [-0.15, -0.1) is 0 Å². The largest absolute Gasteiger partial charge is 0.350 e. The fraction of sp³-hybridized carbons (Fsp3) is 0.600. The van der Waals surface area contributed by atoms with E-state index < -0.39 is 17.7 Å². The molecule has 1 heterocycles. The van der Waals surface area contributed by atoms with E-state index in [9.17, 15) is 18.4 Å². The number of halogens is 2. The maximum Gasteiger partial charge on any atom is 0.243 e. The van der Waals surface area contributed by atoms with Crippen LogP contribution < -0.4 is 5.32 Å². The number of hydrogen-bond acceptors (Lipinski definition) is 2. The van der Waals surface area contributed by atoms with Crippen LogP contribution in [0.25, 0.3) is 0 Å². The molecule has 1 aliphatic carbocycles. The van der Waals surface area contributed by atoms with Crippen LogP contribution in [0, 0.1) is 23.5 Å². The summed E-state index contributed by atoms with van der Waals surface area (Å²) in [5.74, 6) is -1.69. The minimum atomic E-state index is -0.620. The summed E-state index contributed by atoms with van der Waals surface area (Å²) in [6.07, 6.45) is 1.91. The molecule has 2 fully saturated rings. The minimum Gasteiger partial charge on any atom is -0.350 e. The number of nitrogens with zero attached hydrogens (tertiary/aromatic N) is 1. The zero-order valence-corrected chi connectivity index (χ0v) is 15.5. The Morgan fingerprint density at radius 3 is 2.69 bits per heavy atom. The number of carbonyl (C=O) groups is 2. The van der Waals surface area contributed by atoms with E-state index in [-0.39, 0.29) is 35.6 Å². The molecule has 1 aliphatic heterocycles. The summed E-state index contributed by atoms with van der Waals surface area (Å²) in [5.41, 5.74) is 0.388. The van der Waals surface area contributed by atoms with Crippen LogP contribution in [-0.4, -0.2) is 35.3 Å². The van der Waals surface area contributed by atoms with E-state index in [0.29, 0.717) is 24.9 Å². The predicted molar refractivity (Wildman–Crippen MR) is 94.4 cm³/mol. The van der Waals surface area contributed by atoms with Gasteiger partial charge in [-0.05, 0) is 42.7 Å². The molecular weight excluding hydrogens is 338 g/mol. The average molecular weight is 364 g/mol. The van der Waals surface area contributed by atoms with Crippen molar-refractivity contribution in [2.24, 2.45) is 11.8 Å². The summed E-state index contributed by atoms with van der Waals surface area (Å²) in [5, 5.41) is 2.99. The molecule has 1 aromatic rings. The molecule has 0 unspecified atom stereocenters. The normalized spacial score (nSPS) is 28.2. The molecule has 26 heavy (non-hydrogen) atoms. The molecule has 1 saturated heterocycles. The molecule has 1 saturated carbocycles. The smallest absolute Gasteiger partial charge is 0.243 e. The van der Waals surface area contributed by atoms with E-state index in [1.54, 1.807) is 4.90 Å². The van der Waals surface area contributed by atoms with Gasteiger partial charge >= 0.3 is 0 Å². The van der Waals surface area contributed by atoms with Crippen LogP contribution >= 0.6 is 0 Å². The lowest BCUT2D eigenvalue weighted by atomic mass is 9.96. The SMILES string of the molecule is CC[C@H]1CN(C(=O)[C@@H]2C[C@H]2c2ccc(F)cc2F)[C@@H](CC(C)C)C(=O)N1. The van der Waals surface area contributed by atoms with Crippen molar-refractivity contribution in [2.75, 3.05) is 6.54 Å². The lowest BCUT2D eigenvalue weighted by Gasteiger charge is -2.40. The molecule has 142 valence electrons. The van der Waals surface area contributed by atoms with Crippen LogP contribution in [0.15, 0.2) is 18.2 Å². The number of nitrogens with one attached hydrogen (secondary N) is 1. The topological polar surface area (TPSA) is 49.4 Å². The Kier molecular flexibility index (Phi) is 5.30. The van der Waals surface area contributed by atoms with Gasteiger partial charge < -0.3 is 10.2 Å². The highest BCUT2D eigenvalue weighted by Crippen LogP contribution is 2.49. The van der Waals surface area contributed by atoms with Gasteiger partial charge in [0, 0.05) is 24.6 Å². The highest BCUT2D eigenvalue weighted by Gasteiger charge is 2.50. The van der Waals surface area contributed by atoms with Crippen molar-refractivity contribution >= 4 is 11.8 Å². The predicted octanol–water partition coefficient (Wildman–Crippen LogP) is 3.22. The third-order valence-corrected chi connectivity index (χ3v) is 5.38. The molecule has 1 N–H and O–H groups in total. The van der Waals surface area contributed by atoms with Gasteiger partial charge in [0.1, 0.15) is 17.7 Å². The molecule has 0 radical (unpaired) electrons. The standard InChI is InChI=1S/C20H26F2N2O2/c1-4-13-10-24(18(7-11(2)3)19(25)23-13)20(26)16-9-15(16)14-6-5-12(21)8-17(14)22/h5-6,8,11,13,15-16,18H,4,7,9-10H2,1-3H3,(H,23,25)/t13-,15-,16+,18-/m0/s1. The first-order valence-corrected chi connectivity index (χ1v) is 9.37. The Bertz CT molecular complexity index is 707. The number of benzene rings is 1. The van der Waals surface area contributed by atoms with E-state index in [2.05, 4.69) is 5.32 Å². The summed E-state index contributed by atoms with van der Waals surface area (Å²) in [6.45, 7) is 6.52. The van der Waals surface area contributed by atoms with Crippen LogP contribution in [0.5, 0.6) is 0 Å². The summed E-state index contributed by atoms with van der Waals surface area (Å²) in [7, 11) is 0. The van der Waals surface area contributed by atoms with Crippen molar-refractivity contribution in [3.8, 4) is 0 Å². The Morgan fingerprint density at radius 1 is 1.35 bits per heavy atom. The fourth-order valence-electron chi connectivity index (χ4n) is 3.83. The lowest BCUT2D eigenvalue weighted by Crippen LogP contribution is -2.62. The molecule has 6 heteroatoms. The molecule has 4 nitrogen and oxygen atoms in total. The van der Waals surface area contributed by atoms with Crippen LogP contribution in [0.4, 0.5) is 8.78 Å². The van der Waals surface area contributed by atoms with E-state index >= 15 is 0 Å². The van der Waals surface area contributed by atoms with Crippen molar-refractivity contribution < 1.29 is 18.4 Å². The van der Waals surface area contributed by atoms with Gasteiger partial charge in [-0.3, -0.25) is 9.59 Å². The Balaban J connectivity index is 1.77. The third-order valence-electron chi connectivity index (χ3n) is 5.38. The van der Waals surface area contributed by atoms with Crippen molar-refractivity contribution in [2.45, 2.75) is 58.0 Å². The van der Waals surface area contributed by atoms with Crippen LogP contribution in [0.2, 0.25) is 0 Å². The zero-order chi connectivity index (χ0) is 19.0. The molecule has 0 spiro atoms. The summed E-state index contributed by atoms with van der Waals surface area (Å²) < 4.78 is 27.1. The van der Waals surface area contributed by atoms with E-state index in [0.717, 1.165) is 12.5 Å². The van der Waals surface area contributed by atoms with Gasteiger partial charge in [-0.25, -0.2) is 8.78 Å². The zero-order valence-electron chi connectivity index (χ0n) is 15.5. The number of piperazine rings is 1. The van der Waals surface area contributed by atoms with E-state index in [1.807, 2.05) is 20.8 Å². The van der Waals surface area contributed by atoms with E-state index in [1.165, 1.54) is 12.1 Å². The Hall–Kier alpha value is -1.98. The molecule has 1 aromatic carbocycles. The molecule has 4 atom stereocenters. The van der Waals surface area contributed by atoms with Crippen molar-refractivity contribution in [3.63, 3.8) is 0 Å². The van der Waals surface area contributed by atoms with Gasteiger partial charge in [0.2, 0.25) is 11.8 Å². The van der Waals surface area contributed by atoms with Crippen molar-refractivity contribution in [1.29, 1.82) is 0 Å². The second kappa shape index (κ2) is 7.33. The minimum absolute atomic E-state index is 0.0466. The van der Waals surface area contributed by atoms with Crippen molar-refractivity contribution in [1.82, 2.24) is 10.2 Å². The second-order valence-corrected chi connectivity index (χ2v) is 7.86. The highest BCUT2D eigenvalue weighted by molar-refractivity contribution is 5.91. The monoisotopic (exact) mass is 364 g/mol. The quantitative estimate of drug-likeness (QED) is 0.872. The number of carbonyl (C=O) groups excluding carboxylic acids is 2. The number of hydrogen-bond donors (Lipinski definition) is 1. The van der Waals surface area contributed by atoms with Gasteiger partial charge in [0.05, 0.1) is 0 Å². The van der Waals surface area contributed by atoms with Gasteiger partial charge in [0.25, 0.3) is 0 Å². The van der Waals surface area contributed by atoms with Gasteiger partial charge in [-0.2, -0.15) is 0 Å². The number of rotatable bonds is 5.